The van der Waals surface area contributed by atoms with Crippen molar-refractivity contribution >= 4 is 11.6 Å². The molecule has 0 spiro atoms. The SMILES string of the molecule is CN(C)CC(O)C[N+](C)(C)CC(O)CCl. The topological polar surface area (TPSA) is 43.7 Å². The van der Waals surface area contributed by atoms with Crippen LogP contribution in [0, 0.1) is 0 Å². The van der Waals surface area contributed by atoms with E-state index in [0.29, 0.717) is 24.1 Å². The van der Waals surface area contributed by atoms with E-state index < -0.39 is 6.10 Å². The van der Waals surface area contributed by atoms with Crippen LogP contribution in [0.2, 0.25) is 0 Å². The van der Waals surface area contributed by atoms with Crippen LogP contribution in [0.15, 0.2) is 0 Å². The molecule has 5 heteroatoms. The van der Waals surface area contributed by atoms with E-state index in [1.807, 2.05) is 33.1 Å². The molecule has 2 N–H and O–H groups in total. The maximum atomic E-state index is 9.77. The van der Waals surface area contributed by atoms with E-state index in [1.165, 1.54) is 0 Å². The van der Waals surface area contributed by atoms with E-state index in [2.05, 4.69) is 0 Å². The Kier molecular flexibility index (Phi) is 6.71. The summed E-state index contributed by atoms with van der Waals surface area (Å²) in [6.07, 6.45) is -0.884. The van der Waals surface area contributed by atoms with Crippen LogP contribution in [0.25, 0.3) is 0 Å². The maximum Gasteiger partial charge on any atom is 0.116 e. The lowest BCUT2D eigenvalue weighted by molar-refractivity contribution is -0.896. The Balaban J connectivity index is 4.00. The van der Waals surface area contributed by atoms with Crippen LogP contribution < -0.4 is 0 Å². The van der Waals surface area contributed by atoms with Gasteiger partial charge in [-0.2, -0.15) is 0 Å². The van der Waals surface area contributed by atoms with Gasteiger partial charge in [-0.05, 0) is 14.1 Å². The summed E-state index contributed by atoms with van der Waals surface area (Å²) in [5, 5.41) is 19.2. The first kappa shape index (κ1) is 15.1. The predicted octanol–water partition coefficient (Wildman–Crippen LogP) is -0.415. The van der Waals surface area contributed by atoms with Gasteiger partial charge in [0.2, 0.25) is 0 Å². The van der Waals surface area contributed by atoms with Crippen LogP contribution in [-0.2, 0) is 0 Å². The molecule has 4 nitrogen and oxygen atoms in total. The number of nitrogens with zero attached hydrogens (tertiary/aromatic N) is 2. The molecule has 0 aliphatic heterocycles. The number of hydrogen-bond donors (Lipinski definition) is 2. The molecule has 0 saturated heterocycles. The Morgan fingerprint density at radius 3 is 2.00 bits per heavy atom. The molecular weight excluding hydrogens is 216 g/mol. The summed E-state index contributed by atoms with van der Waals surface area (Å²) < 4.78 is 0.572. The number of quaternary nitrogens is 1. The first-order chi connectivity index (χ1) is 6.76. The molecule has 0 radical (unpaired) electrons. The number of aliphatic hydroxyl groups is 2. The highest BCUT2D eigenvalue weighted by Crippen LogP contribution is 2.04. The van der Waals surface area contributed by atoms with Crippen molar-refractivity contribution < 1.29 is 14.7 Å². The third-order valence-electron chi connectivity index (χ3n) is 2.16. The number of likely N-dealkylation sites (N-methyl/N-ethyl adjacent to an activating group) is 2. The minimum Gasteiger partial charge on any atom is -0.386 e. The molecular formula is C10H24ClN2O2+. The minimum atomic E-state index is -0.506. The Bertz CT molecular complexity index is 177. The highest BCUT2D eigenvalue weighted by atomic mass is 35.5. The molecule has 2 unspecified atom stereocenters. The predicted molar refractivity (Wildman–Crippen MR) is 63.1 cm³/mol. The lowest BCUT2D eigenvalue weighted by Gasteiger charge is -2.33. The third kappa shape index (κ3) is 7.99. The number of alkyl halides is 1. The first-order valence-corrected chi connectivity index (χ1v) is 5.69. The van der Waals surface area contributed by atoms with Gasteiger partial charge in [0.15, 0.2) is 0 Å². The molecule has 0 heterocycles. The van der Waals surface area contributed by atoms with Gasteiger partial charge < -0.3 is 19.6 Å². The van der Waals surface area contributed by atoms with Crippen LogP contribution in [0.3, 0.4) is 0 Å². The smallest absolute Gasteiger partial charge is 0.116 e. The van der Waals surface area contributed by atoms with Gasteiger partial charge in [-0.1, -0.05) is 0 Å². The average molecular weight is 240 g/mol. The summed E-state index contributed by atoms with van der Waals surface area (Å²) in [6, 6.07) is 0. The lowest BCUT2D eigenvalue weighted by Crippen LogP contribution is -2.51. The van der Waals surface area contributed by atoms with Gasteiger partial charge in [0.05, 0.1) is 20.0 Å². The summed E-state index contributed by atoms with van der Waals surface area (Å²) in [7, 11) is 7.82. The van der Waals surface area contributed by atoms with Gasteiger partial charge in [-0.15, -0.1) is 11.6 Å². The average Bonchev–Trinajstić information content (AvgIpc) is 1.99. The summed E-state index contributed by atoms with van der Waals surface area (Å²) >= 11 is 5.55. The lowest BCUT2D eigenvalue weighted by atomic mass is 10.2. The van der Waals surface area contributed by atoms with Crippen molar-refractivity contribution in [2.75, 3.05) is 53.7 Å². The second-order valence-electron chi connectivity index (χ2n) is 5.03. The van der Waals surface area contributed by atoms with Crippen molar-refractivity contribution in [3.8, 4) is 0 Å². The molecule has 0 aromatic heterocycles. The second-order valence-corrected chi connectivity index (χ2v) is 5.33. The quantitative estimate of drug-likeness (QED) is 0.469. The van der Waals surface area contributed by atoms with Crippen molar-refractivity contribution in [3.63, 3.8) is 0 Å². The highest BCUT2D eigenvalue weighted by Gasteiger charge is 2.23. The van der Waals surface area contributed by atoms with Crippen molar-refractivity contribution in [1.82, 2.24) is 4.90 Å². The van der Waals surface area contributed by atoms with Gasteiger partial charge in [0.1, 0.15) is 25.3 Å². The molecule has 92 valence electrons. The third-order valence-corrected chi connectivity index (χ3v) is 2.52. The normalized spacial score (nSPS) is 16.8. The molecule has 0 saturated carbocycles. The maximum absolute atomic E-state index is 9.77. The van der Waals surface area contributed by atoms with Gasteiger partial charge in [0, 0.05) is 6.54 Å². The Labute approximate surface area is 97.6 Å². The number of hydrogen-bond acceptors (Lipinski definition) is 3. The van der Waals surface area contributed by atoms with Crippen molar-refractivity contribution in [3.05, 3.63) is 0 Å². The standard InChI is InChI=1S/C10H24ClN2O2/c1-12(2)6-10(15)8-13(3,4)7-9(14)5-11/h9-10,14-15H,5-8H2,1-4H3/q+1. The van der Waals surface area contributed by atoms with E-state index in [-0.39, 0.29) is 12.0 Å². The van der Waals surface area contributed by atoms with Gasteiger partial charge in [-0.25, -0.2) is 0 Å². The molecule has 0 amide bonds. The van der Waals surface area contributed by atoms with Crippen LogP contribution in [-0.4, -0.2) is 85.5 Å². The van der Waals surface area contributed by atoms with Crippen LogP contribution in [0.1, 0.15) is 0 Å². The molecule has 0 rings (SSSR count). The molecule has 0 bridgehead atoms. The van der Waals surface area contributed by atoms with Gasteiger partial charge in [0.25, 0.3) is 0 Å². The molecule has 0 aromatic carbocycles. The Morgan fingerprint density at radius 2 is 1.60 bits per heavy atom. The van der Waals surface area contributed by atoms with Crippen LogP contribution in [0.5, 0.6) is 0 Å². The summed E-state index contributed by atoms with van der Waals surface area (Å²) in [5.41, 5.74) is 0. The number of halogens is 1. The van der Waals surface area contributed by atoms with Crippen molar-refractivity contribution in [2.45, 2.75) is 12.2 Å². The molecule has 2 atom stereocenters. The highest BCUT2D eigenvalue weighted by molar-refractivity contribution is 6.18. The van der Waals surface area contributed by atoms with E-state index >= 15 is 0 Å². The molecule has 0 aromatic rings. The molecule has 0 aliphatic rings. The molecule has 15 heavy (non-hydrogen) atoms. The Hall–Kier alpha value is 0.130. The molecule has 0 aliphatic carbocycles. The summed E-state index contributed by atoms with van der Waals surface area (Å²) in [4.78, 5) is 1.95. The van der Waals surface area contributed by atoms with E-state index in [4.69, 9.17) is 11.6 Å². The van der Waals surface area contributed by atoms with Gasteiger partial charge >= 0.3 is 0 Å². The number of rotatable bonds is 7. The van der Waals surface area contributed by atoms with Crippen LogP contribution >= 0.6 is 11.6 Å². The van der Waals surface area contributed by atoms with Crippen molar-refractivity contribution in [1.29, 1.82) is 0 Å². The molecule has 0 fully saturated rings. The Morgan fingerprint density at radius 1 is 1.13 bits per heavy atom. The largest absolute Gasteiger partial charge is 0.386 e. The van der Waals surface area contributed by atoms with Crippen molar-refractivity contribution in [2.24, 2.45) is 0 Å². The first-order valence-electron chi connectivity index (χ1n) is 5.15. The fourth-order valence-corrected chi connectivity index (χ4v) is 1.84. The zero-order valence-corrected chi connectivity index (χ0v) is 10.9. The summed E-state index contributed by atoms with van der Waals surface area (Å²) in [6.45, 7) is 1.82. The van der Waals surface area contributed by atoms with Gasteiger partial charge in [-0.3, -0.25) is 0 Å². The minimum absolute atomic E-state index is 0.242. The zero-order chi connectivity index (χ0) is 12.1. The van der Waals surface area contributed by atoms with E-state index in [9.17, 15) is 10.2 Å². The summed E-state index contributed by atoms with van der Waals surface area (Å²) in [5.74, 6) is 0.242. The van der Waals surface area contributed by atoms with E-state index in [1.54, 1.807) is 0 Å². The number of aliphatic hydroxyl groups excluding tert-OH is 2. The fourth-order valence-electron chi connectivity index (χ4n) is 1.74. The van der Waals surface area contributed by atoms with E-state index in [0.717, 1.165) is 0 Å². The van der Waals surface area contributed by atoms with Crippen LogP contribution in [0.4, 0.5) is 0 Å². The fraction of sp³-hybridized carbons (Fsp3) is 1.00. The second kappa shape index (κ2) is 6.66. The zero-order valence-electron chi connectivity index (χ0n) is 10.1. The monoisotopic (exact) mass is 239 g/mol.